The van der Waals surface area contributed by atoms with E-state index in [1.54, 1.807) is 19.2 Å². The summed E-state index contributed by atoms with van der Waals surface area (Å²) < 4.78 is 5.29. The van der Waals surface area contributed by atoms with Crippen molar-refractivity contribution in [1.29, 1.82) is 0 Å². The van der Waals surface area contributed by atoms with Gasteiger partial charge in [-0.1, -0.05) is 11.6 Å². The third kappa shape index (κ3) is 3.06. The van der Waals surface area contributed by atoms with E-state index in [2.05, 4.69) is 15.3 Å². The molecule has 0 radical (unpaired) electrons. The molecule has 0 spiro atoms. The van der Waals surface area contributed by atoms with Crippen molar-refractivity contribution in [2.45, 2.75) is 13.8 Å². The number of ether oxygens (including phenoxy) is 1. The average molecular weight is 279 g/mol. The highest BCUT2D eigenvalue weighted by molar-refractivity contribution is 6.31. The minimum Gasteiger partial charge on any atom is -0.495 e. The molecule has 0 fully saturated rings. The number of benzene rings is 1. The Balaban J connectivity index is 2.39. The van der Waals surface area contributed by atoms with E-state index in [0.29, 0.717) is 16.6 Å². The molecule has 0 atom stereocenters. The fourth-order valence-electron chi connectivity index (χ4n) is 1.72. The summed E-state index contributed by atoms with van der Waals surface area (Å²) in [5, 5.41) is 3.81. The van der Waals surface area contributed by atoms with Crippen LogP contribution >= 0.6 is 11.6 Å². The van der Waals surface area contributed by atoms with Crippen LogP contribution in [0, 0.1) is 13.8 Å². The third-order valence-electron chi connectivity index (χ3n) is 2.61. The molecule has 0 amide bonds. The molecule has 6 heteroatoms. The summed E-state index contributed by atoms with van der Waals surface area (Å²) in [6.07, 6.45) is 0. The van der Waals surface area contributed by atoms with Crippen molar-refractivity contribution in [3.8, 4) is 5.75 Å². The molecule has 2 aromatic rings. The zero-order valence-electron chi connectivity index (χ0n) is 11.0. The zero-order chi connectivity index (χ0) is 14.0. The van der Waals surface area contributed by atoms with Gasteiger partial charge in [-0.2, -0.15) is 4.98 Å². The number of aryl methyl sites for hydroxylation is 2. The van der Waals surface area contributed by atoms with Crippen molar-refractivity contribution in [1.82, 2.24) is 9.97 Å². The third-order valence-corrected chi connectivity index (χ3v) is 3.02. The summed E-state index contributed by atoms with van der Waals surface area (Å²) in [6, 6.07) is 5.46. The monoisotopic (exact) mass is 278 g/mol. The molecule has 0 aliphatic carbocycles. The largest absolute Gasteiger partial charge is 0.495 e. The van der Waals surface area contributed by atoms with Gasteiger partial charge in [-0.05, 0) is 25.5 Å². The van der Waals surface area contributed by atoms with Crippen molar-refractivity contribution in [3.63, 3.8) is 0 Å². The quantitative estimate of drug-likeness (QED) is 0.903. The molecule has 0 unspecified atom stereocenters. The van der Waals surface area contributed by atoms with Gasteiger partial charge in [0, 0.05) is 22.8 Å². The fraction of sp³-hybridized carbons (Fsp3) is 0.231. The van der Waals surface area contributed by atoms with Crippen LogP contribution in [0.2, 0.25) is 5.02 Å². The zero-order valence-corrected chi connectivity index (χ0v) is 11.7. The number of hydrogen-bond acceptors (Lipinski definition) is 5. The Kier molecular flexibility index (Phi) is 3.76. The maximum atomic E-state index is 6.06. The molecule has 0 bridgehead atoms. The summed E-state index contributed by atoms with van der Waals surface area (Å²) in [6.45, 7) is 3.78. The Morgan fingerprint density at radius 1 is 1.21 bits per heavy atom. The molecule has 3 N–H and O–H groups in total. The SMILES string of the molecule is COc1cc(Cl)c(C)cc1Nc1cc(C)nc(N)n1. The molecule has 1 aromatic carbocycles. The molecule has 0 saturated heterocycles. The molecule has 1 heterocycles. The van der Waals surface area contributed by atoms with Crippen LogP contribution in [0.25, 0.3) is 0 Å². The van der Waals surface area contributed by atoms with Crippen LogP contribution in [-0.2, 0) is 0 Å². The van der Waals surface area contributed by atoms with Crippen LogP contribution in [-0.4, -0.2) is 17.1 Å². The Labute approximate surface area is 116 Å². The smallest absolute Gasteiger partial charge is 0.222 e. The maximum absolute atomic E-state index is 6.06. The summed E-state index contributed by atoms with van der Waals surface area (Å²) in [5.74, 6) is 1.49. The number of nitrogens with two attached hydrogens (primary N) is 1. The van der Waals surface area contributed by atoms with Gasteiger partial charge in [0.1, 0.15) is 11.6 Å². The molecule has 2 rings (SSSR count). The lowest BCUT2D eigenvalue weighted by molar-refractivity contribution is 0.416. The lowest BCUT2D eigenvalue weighted by atomic mass is 10.2. The number of anilines is 3. The molecule has 19 heavy (non-hydrogen) atoms. The standard InChI is InChI=1S/C13H15ClN4O/c1-7-4-10(11(19-3)6-9(7)14)17-12-5-8(2)16-13(15)18-12/h4-6H,1-3H3,(H3,15,16,17,18). The highest BCUT2D eigenvalue weighted by Gasteiger charge is 2.08. The van der Waals surface area contributed by atoms with E-state index >= 15 is 0 Å². The minimum absolute atomic E-state index is 0.229. The first-order chi connectivity index (χ1) is 8.99. The number of aromatic nitrogens is 2. The second kappa shape index (κ2) is 5.32. The van der Waals surface area contributed by atoms with E-state index in [-0.39, 0.29) is 5.95 Å². The summed E-state index contributed by atoms with van der Waals surface area (Å²) in [4.78, 5) is 8.15. The van der Waals surface area contributed by atoms with Crippen LogP contribution in [0.4, 0.5) is 17.5 Å². The number of nitrogen functional groups attached to an aromatic ring is 1. The highest BCUT2D eigenvalue weighted by Crippen LogP contribution is 2.32. The van der Waals surface area contributed by atoms with Crippen LogP contribution in [0.1, 0.15) is 11.3 Å². The van der Waals surface area contributed by atoms with Crippen LogP contribution in [0.15, 0.2) is 18.2 Å². The lowest BCUT2D eigenvalue weighted by Gasteiger charge is -2.13. The van der Waals surface area contributed by atoms with Gasteiger partial charge < -0.3 is 15.8 Å². The van der Waals surface area contributed by atoms with Gasteiger partial charge in [-0.15, -0.1) is 0 Å². The van der Waals surface area contributed by atoms with Crippen molar-refractivity contribution in [2.24, 2.45) is 0 Å². The molecule has 0 aliphatic rings. The van der Waals surface area contributed by atoms with E-state index in [9.17, 15) is 0 Å². The Bertz CT molecular complexity index is 596. The number of methoxy groups -OCH3 is 1. The van der Waals surface area contributed by atoms with E-state index in [1.807, 2.05) is 19.9 Å². The topological polar surface area (TPSA) is 73.1 Å². The van der Waals surface area contributed by atoms with Crippen molar-refractivity contribution >= 4 is 29.1 Å². The van der Waals surface area contributed by atoms with E-state index < -0.39 is 0 Å². The lowest BCUT2D eigenvalue weighted by Crippen LogP contribution is -2.02. The Morgan fingerprint density at radius 2 is 1.95 bits per heavy atom. The van der Waals surface area contributed by atoms with E-state index in [4.69, 9.17) is 22.1 Å². The number of hydrogen-bond donors (Lipinski definition) is 2. The van der Waals surface area contributed by atoms with Gasteiger partial charge in [0.2, 0.25) is 5.95 Å². The second-order valence-corrected chi connectivity index (χ2v) is 4.59. The van der Waals surface area contributed by atoms with Gasteiger partial charge in [0.05, 0.1) is 12.8 Å². The Hall–Kier alpha value is -2.01. The molecular weight excluding hydrogens is 264 g/mol. The first-order valence-corrected chi connectivity index (χ1v) is 6.09. The van der Waals surface area contributed by atoms with Crippen LogP contribution in [0.5, 0.6) is 5.75 Å². The molecular formula is C13H15ClN4O. The number of halogens is 1. The van der Waals surface area contributed by atoms with Gasteiger partial charge in [-0.3, -0.25) is 0 Å². The van der Waals surface area contributed by atoms with Gasteiger partial charge in [-0.25, -0.2) is 4.98 Å². The second-order valence-electron chi connectivity index (χ2n) is 4.18. The minimum atomic E-state index is 0.229. The van der Waals surface area contributed by atoms with Crippen LogP contribution in [0.3, 0.4) is 0 Å². The molecule has 1 aromatic heterocycles. The summed E-state index contributed by atoms with van der Waals surface area (Å²) >= 11 is 6.06. The highest BCUT2D eigenvalue weighted by atomic mass is 35.5. The Morgan fingerprint density at radius 3 is 2.58 bits per heavy atom. The number of nitrogens with zero attached hydrogens (tertiary/aromatic N) is 2. The molecule has 5 nitrogen and oxygen atoms in total. The van der Waals surface area contributed by atoms with Crippen molar-refractivity contribution < 1.29 is 4.74 Å². The first kappa shape index (κ1) is 13.4. The predicted molar refractivity (Wildman–Crippen MR) is 77.2 cm³/mol. The summed E-state index contributed by atoms with van der Waals surface area (Å²) in [5.41, 5.74) is 8.14. The summed E-state index contributed by atoms with van der Waals surface area (Å²) in [7, 11) is 1.59. The number of nitrogens with one attached hydrogen (secondary N) is 1. The van der Waals surface area contributed by atoms with Crippen molar-refractivity contribution in [3.05, 3.63) is 34.5 Å². The van der Waals surface area contributed by atoms with Crippen LogP contribution < -0.4 is 15.8 Å². The molecule has 100 valence electrons. The van der Waals surface area contributed by atoms with Gasteiger partial charge in [0.15, 0.2) is 0 Å². The normalized spacial score (nSPS) is 10.3. The average Bonchev–Trinajstić information content (AvgIpc) is 2.32. The van der Waals surface area contributed by atoms with E-state index in [1.165, 1.54) is 0 Å². The first-order valence-electron chi connectivity index (χ1n) is 5.72. The maximum Gasteiger partial charge on any atom is 0.222 e. The van der Waals surface area contributed by atoms with Gasteiger partial charge >= 0.3 is 0 Å². The fourth-order valence-corrected chi connectivity index (χ4v) is 1.88. The predicted octanol–water partition coefficient (Wildman–Crippen LogP) is 3.08. The van der Waals surface area contributed by atoms with Crippen molar-refractivity contribution in [2.75, 3.05) is 18.2 Å². The molecule has 0 aliphatic heterocycles. The number of rotatable bonds is 3. The van der Waals surface area contributed by atoms with Gasteiger partial charge in [0.25, 0.3) is 0 Å². The molecule has 0 saturated carbocycles. The van der Waals surface area contributed by atoms with E-state index in [0.717, 1.165) is 16.9 Å².